The second-order valence-corrected chi connectivity index (χ2v) is 4.09. The van der Waals surface area contributed by atoms with Crippen LogP contribution >= 0.6 is 0 Å². The normalized spacial score (nSPS) is 11.2. The Morgan fingerprint density at radius 3 is 2.29 bits per heavy atom. The molecule has 0 amide bonds. The molecular weight excluding hydrogens is 276 g/mol. The quantitative estimate of drug-likeness (QED) is 0.820. The van der Waals surface area contributed by atoms with E-state index in [2.05, 4.69) is 0 Å². The zero-order valence-electron chi connectivity index (χ0n) is 11.1. The maximum atomic E-state index is 11.1. The topological polar surface area (TPSA) is 97.0 Å². The molecule has 0 aliphatic heterocycles. The number of furan rings is 1. The molecule has 2 aromatic rings. The number of carbonyl (C=O) groups is 2. The van der Waals surface area contributed by atoms with E-state index < -0.39 is 17.5 Å². The Morgan fingerprint density at radius 2 is 1.76 bits per heavy atom. The summed E-state index contributed by atoms with van der Waals surface area (Å²) in [5.74, 6) is -1.62. The van der Waals surface area contributed by atoms with E-state index in [0.717, 1.165) is 5.56 Å². The molecule has 1 aromatic heterocycles. The molecule has 0 radical (unpaired) electrons. The molecule has 0 saturated carbocycles. The first-order chi connectivity index (χ1) is 10.0. The summed E-state index contributed by atoms with van der Waals surface area (Å²) in [6.45, 7) is 0. The summed E-state index contributed by atoms with van der Waals surface area (Å²) >= 11 is 0. The van der Waals surface area contributed by atoms with Crippen molar-refractivity contribution in [3.63, 3.8) is 0 Å². The van der Waals surface area contributed by atoms with Crippen LogP contribution in [0.15, 0.2) is 46.9 Å². The van der Waals surface area contributed by atoms with E-state index in [0.29, 0.717) is 17.6 Å². The maximum absolute atomic E-state index is 11.1. The van der Waals surface area contributed by atoms with Crippen LogP contribution in [0.4, 0.5) is 0 Å². The fourth-order valence-corrected chi connectivity index (χ4v) is 1.75. The average molecular weight is 288 g/mol. The van der Waals surface area contributed by atoms with Crippen LogP contribution in [0.5, 0.6) is 5.75 Å². The molecule has 0 spiro atoms. The fourth-order valence-electron chi connectivity index (χ4n) is 1.75. The predicted octanol–water partition coefficient (Wildman–Crippen LogP) is 2.51. The van der Waals surface area contributed by atoms with E-state index in [1.54, 1.807) is 37.4 Å². The molecule has 0 bridgehead atoms. The first kappa shape index (κ1) is 14.4. The number of carboxylic acids is 2. The van der Waals surface area contributed by atoms with Gasteiger partial charge in [0.25, 0.3) is 0 Å². The van der Waals surface area contributed by atoms with Gasteiger partial charge < -0.3 is 19.4 Å². The molecule has 1 heterocycles. The standard InChI is InChI=1S/C15H12O6/c1-20-10-4-2-9(3-5-10)12-6-7-13(21-12)11(15(18)19)8-14(16)17/h2-8H,1H3,(H,16,17)(H,18,19)/b11-8-. The van der Waals surface area contributed by atoms with Crippen molar-refractivity contribution >= 4 is 17.5 Å². The molecule has 0 aliphatic carbocycles. The molecular formula is C15H12O6. The van der Waals surface area contributed by atoms with Crippen molar-refractivity contribution in [2.24, 2.45) is 0 Å². The molecule has 2 N–H and O–H groups in total. The van der Waals surface area contributed by atoms with E-state index in [1.165, 1.54) is 6.07 Å². The van der Waals surface area contributed by atoms with E-state index >= 15 is 0 Å². The maximum Gasteiger partial charge on any atom is 0.339 e. The van der Waals surface area contributed by atoms with Crippen LogP contribution in [0.3, 0.4) is 0 Å². The highest BCUT2D eigenvalue weighted by Gasteiger charge is 2.17. The SMILES string of the molecule is COc1ccc(-c2ccc(/C(=C/C(=O)O)C(=O)O)o2)cc1. The lowest BCUT2D eigenvalue weighted by Gasteiger charge is -2.01. The molecule has 0 unspecified atom stereocenters. The molecule has 0 saturated heterocycles. The van der Waals surface area contributed by atoms with Gasteiger partial charge in [-0.2, -0.15) is 0 Å². The molecule has 0 atom stereocenters. The van der Waals surface area contributed by atoms with Gasteiger partial charge in [0.15, 0.2) is 0 Å². The number of benzene rings is 1. The summed E-state index contributed by atoms with van der Waals surface area (Å²) in [7, 11) is 1.55. The van der Waals surface area contributed by atoms with Gasteiger partial charge in [0.1, 0.15) is 22.8 Å². The third-order valence-electron chi connectivity index (χ3n) is 2.74. The van der Waals surface area contributed by atoms with Gasteiger partial charge in [-0.25, -0.2) is 9.59 Å². The Labute approximate surface area is 119 Å². The first-order valence-corrected chi connectivity index (χ1v) is 5.94. The number of hydrogen-bond acceptors (Lipinski definition) is 4. The van der Waals surface area contributed by atoms with Crippen LogP contribution in [-0.2, 0) is 9.59 Å². The number of rotatable bonds is 5. The Balaban J connectivity index is 2.35. The Kier molecular flexibility index (Phi) is 4.08. The van der Waals surface area contributed by atoms with Gasteiger partial charge in [0, 0.05) is 11.6 Å². The number of hydrogen-bond donors (Lipinski definition) is 2. The molecule has 0 fully saturated rings. The van der Waals surface area contributed by atoms with Gasteiger partial charge in [0.2, 0.25) is 0 Å². The number of ether oxygens (including phenoxy) is 1. The summed E-state index contributed by atoms with van der Waals surface area (Å²) in [6.07, 6.45) is 0.596. The first-order valence-electron chi connectivity index (χ1n) is 5.94. The summed E-state index contributed by atoms with van der Waals surface area (Å²) in [6, 6.07) is 9.98. The van der Waals surface area contributed by atoms with Crippen molar-refractivity contribution in [3.05, 3.63) is 48.2 Å². The third-order valence-corrected chi connectivity index (χ3v) is 2.74. The second-order valence-electron chi connectivity index (χ2n) is 4.09. The Morgan fingerprint density at radius 1 is 1.10 bits per heavy atom. The second kappa shape index (κ2) is 5.96. The van der Waals surface area contributed by atoms with Gasteiger partial charge in [0.05, 0.1) is 7.11 Å². The van der Waals surface area contributed by atoms with Gasteiger partial charge in [-0.3, -0.25) is 0 Å². The molecule has 21 heavy (non-hydrogen) atoms. The zero-order chi connectivity index (χ0) is 15.4. The van der Waals surface area contributed by atoms with E-state index in [1.807, 2.05) is 0 Å². The average Bonchev–Trinajstić information content (AvgIpc) is 2.94. The minimum Gasteiger partial charge on any atom is -0.497 e. The summed E-state index contributed by atoms with van der Waals surface area (Å²) < 4.78 is 10.5. The van der Waals surface area contributed by atoms with E-state index in [-0.39, 0.29) is 5.76 Å². The Hall–Kier alpha value is -3.02. The van der Waals surface area contributed by atoms with Crippen molar-refractivity contribution in [1.82, 2.24) is 0 Å². The number of aliphatic carboxylic acids is 2. The van der Waals surface area contributed by atoms with Crippen molar-refractivity contribution in [2.75, 3.05) is 7.11 Å². The van der Waals surface area contributed by atoms with Gasteiger partial charge in [-0.05, 0) is 36.4 Å². The van der Waals surface area contributed by atoms with Gasteiger partial charge in [-0.15, -0.1) is 0 Å². The van der Waals surface area contributed by atoms with Crippen molar-refractivity contribution in [3.8, 4) is 17.1 Å². The summed E-state index contributed by atoms with van der Waals surface area (Å²) in [5.41, 5.74) is 0.310. The highest BCUT2D eigenvalue weighted by atomic mass is 16.5. The lowest BCUT2D eigenvalue weighted by Crippen LogP contribution is -2.02. The molecule has 108 valence electrons. The largest absolute Gasteiger partial charge is 0.497 e. The highest BCUT2D eigenvalue weighted by Crippen LogP contribution is 2.27. The molecule has 0 aliphatic rings. The number of methoxy groups -OCH3 is 1. The monoisotopic (exact) mass is 288 g/mol. The molecule has 6 nitrogen and oxygen atoms in total. The smallest absolute Gasteiger partial charge is 0.339 e. The van der Waals surface area contributed by atoms with Crippen molar-refractivity contribution in [2.45, 2.75) is 0 Å². The molecule has 1 aromatic carbocycles. The van der Waals surface area contributed by atoms with Crippen LogP contribution < -0.4 is 4.74 Å². The van der Waals surface area contributed by atoms with Crippen LogP contribution in [-0.4, -0.2) is 29.3 Å². The summed E-state index contributed by atoms with van der Waals surface area (Å²) in [4.78, 5) is 21.7. The van der Waals surface area contributed by atoms with Crippen molar-refractivity contribution in [1.29, 1.82) is 0 Å². The van der Waals surface area contributed by atoms with Crippen LogP contribution in [0.25, 0.3) is 16.9 Å². The fraction of sp³-hybridized carbons (Fsp3) is 0.0667. The van der Waals surface area contributed by atoms with Crippen LogP contribution in [0.1, 0.15) is 5.76 Å². The minimum absolute atomic E-state index is 0.0179. The zero-order valence-corrected chi connectivity index (χ0v) is 11.1. The summed E-state index contributed by atoms with van der Waals surface area (Å²) in [5, 5.41) is 17.7. The van der Waals surface area contributed by atoms with Gasteiger partial charge >= 0.3 is 11.9 Å². The van der Waals surface area contributed by atoms with E-state index in [4.69, 9.17) is 19.4 Å². The van der Waals surface area contributed by atoms with E-state index in [9.17, 15) is 9.59 Å². The highest BCUT2D eigenvalue weighted by molar-refractivity contribution is 6.18. The van der Waals surface area contributed by atoms with Gasteiger partial charge in [-0.1, -0.05) is 0 Å². The number of carboxylic acid groups (broad SMARTS) is 2. The lowest BCUT2D eigenvalue weighted by atomic mass is 10.1. The van der Waals surface area contributed by atoms with Crippen molar-refractivity contribution < 1.29 is 29.0 Å². The predicted molar refractivity (Wildman–Crippen MR) is 73.9 cm³/mol. The third kappa shape index (κ3) is 3.30. The van der Waals surface area contributed by atoms with Crippen LogP contribution in [0.2, 0.25) is 0 Å². The van der Waals surface area contributed by atoms with Crippen LogP contribution in [0, 0.1) is 0 Å². The Bertz CT molecular complexity index is 693. The molecule has 6 heteroatoms. The lowest BCUT2D eigenvalue weighted by molar-refractivity contribution is -0.133. The molecule has 2 rings (SSSR count). The minimum atomic E-state index is -1.37.